The molecule has 0 bridgehead atoms. The maximum atomic E-state index is 13.4. The quantitative estimate of drug-likeness (QED) is 0.819. The molecule has 1 aromatic heterocycles. The summed E-state index contributed by atoms with van der Waals surface area (Å²) in [4.78, 5) is 11.7. The van der Waals surface area contributed by atoms with E-state index >= 15 is 0 Å². The summed E-state index contributed by atoms with van der Waals surface area (Å²) in [5.41, 5.74) is 0.636. The van der Waals surface area contributed by atoms with Crippen LogP contribution in [-0.2, 0) is 6.42 Å². The van der Waals surface area contributed by atoms with Gasteiger partial charge in [0.05, 0.1) is 0 Å². The van der Waals surface area contributed by atoms with E-state index in [1.54, 1.807) is 17.5 Å². The molecule has 16 heavy (non-hydrogen) atoms. The van der Waals surface area contributed by atoms with Crippen LogP contribution in [0.2, 0.25) is 0 Å². The SMILES string of the molecule is O=C(Cc1cc(Br)ccc1F)c1csnn1. The zero-order chi connectivity index (χ0) is 11.5. The zero-order valence-corrected chi connectivity index (χ0v) is 10.4. The molecule has 0 atom stereocenters. The summed E-state index contributed by atoms with van der Waals surface area (Å²) < 4.78 is 17.7. The highest BCUT2D eigenvalue weighted by atomic mass is 79.9. The fourth-order valence-electron chi connectivity index (χ4n) is 1.23. The Balaban J connectivity index is 2.21. The fourth-order valence-corrected chi connectivity index (χ4v) is 2.10. The van der Waals surface area contributed by atoms with E-state index < -0.39 is 0 Å². The lowest BCUT2D eigenvalue weighted by Crippen LogP contribution is -2.05. The Bertz CT molecular complexity index is 516. The number of carbonyl (C=O) groups excluding carboxylic acids is 1. The van der Waals surface area contributed by atoms with Crippen LogP contribution >= 0.6 is 27.5 Å². The number of Topliss-reactive ketones (excluding diaryl/α,β-unsaturated/α-hetero) is 1. The first-order chi connectivity index (χ1) is 7.66. The van der Waals surface area contributed by atoms with Gasteiger partial charge in [-0.1, -0.05) is 20.4 Å². The van der Waals surface area contributed by atoms with E-state index in [0.717, 1.165) is 16.0 Å². The molecule has 1 heterocycles. The minimum atomic E-state index is -0.389. The Kier molecular flexibility index (Phi) is 3.40. The third-order valence-corrected chi connectivity index (χ3v) is 3.00. The molecule has 0 aliphatic rings. The number of halogens is 2. The Labute approximate surface area is 104 Å². The molecule has 0 radical (unpaired) electrons. The van der Waals surface area contributed by atoms with E-state index in [9.17, 15) is 9.18 Å². The predicted octanol–water partition coefficient (Wildman–Crippen LogP) is 2.87. The first-order valence-corrected chi connectivity index (χ1v) is 6.04. The van der Waals surface area contributed by atoms with Crippen LogP contribution in [0.1, 0.15) is 16.1 Å². The topological polar surface area (TPSA) is 42.9 Å². The van der Waals surface area contributed by atoms with Gasteiger partial charge in [-0.3, -0.25) is 4.79 Å². The van der Waals surface area contributed by atoms with E-state index in [-0.39, 0.29) is 23.7 Å². The van der Waals surface area contributed by atoms with Gasteiger partial charge < -0.3 is 0 Å². The van der Waals surface area contributed by atoms with Crippen molar-refractivity contribution in [3.63, 3.8) is 0 Å². The summed E-state index contributed by atoms with van der Waals surface area (Å²) >= 11 is 4.33. The van der Waals surface area contributed by atoms with Gasteiger partial charge in [0.1, 0.15) is 11.5 Å². The number of rotatable bonds is 3. The smallest absolute Gasteiger partial charge is 0.188 e. The number of ketones is 1. The Morgan fingerprint density at radius 1 is 1.50 bits per heavy atom. The van der Waals surface area contributed by atoms with Gasteiger partial charge in [0.2, 0.25) is 0 Å². The minimum absolute atomic E-state index is 0.00329. The standard InChI is InChI=1S/C10H6BrFN2OS/c11-7-1-2-8(12)6(3-7)4-10(15)9-5-16-14-13-9/h1-3,5H,4H2. The van der Waals surface area contributed by atoms with E-state index in [4.69, 9.17) is 0 Å². The minimum Gasteiger partial charge on any atom is -0.292 e. The van der Waals surface area contributed by atoms with Crippen LogP contribution in [0.25, 0.3) is 0 Å². The zero-order valence-electron chi connectivity index (χ0n) is 7.98. The van der Waals surface area contributed by atoms with Gasteiger partial charge in [-0.15, -0.1) is 5.10 Å². The average Bonchev–Trinajstić information content (AvgIpc) is 2.76. The van der Waals surface area contributed by atoms with Crippen molar-refractivity contribution in [1.82, 2.24) is 9.59 Å². The number of benzene rings is 1. The second-order valence-corrected chi connectivity index (χ2v) is 4.65. The molecule has 0 fully saturated rings. The maximum Gasteiger partial charge on any atom is 0.188 e. The van der Waals surface area contributed by atoms with Crippen LogP contribution in [0.3, 0.4) is 0 Å². The molecule has 2 rings (SSSR count). The molecular weight excluding hydrogens is 295 g/mol. The molecule has 2 aromatic rings. The second kappa shape index (κ2) is 4.80. The number of carbonyl (C=O) groups is 1. The van der Waals surface area contributed by atoms with Crippen molar-refractivity contribution in [2.45, 2.75) is 6.42 Å². The lowest BCUT2D eigenvalue weighted by atomic mass is 10.1. The molecule has 0 N–H and O–H groups in total. The molecule has 0 unspecified atom stereocenters. The van der Waals surface area contributed by atoms with Gasteiger partial charge in [0.25, 0.3) is 0 Å². The van der Waals surface area contributed by atoms with Crippen LogP contribution in [0.5, 0.6) is 0 Å². The number of nitrogens with zero attached hydrogens (tertiary/aromatic N) is 2. The molecule has 0 saturated heterocycles. The number of hydrogen-bond donors (Lipinski definition) is 0. The summed E-state index contributed by atoms with van der Waals surface area (Å²) in [6.45, 7) is 0. The van der Waals surface area contributed by atoms with Crippen molar-refractivity contribution in [3.8, 4) is 0 Å². The Morgan fingerprint density at radius 2 is 2.31 bits per heavy atom. The highest BCUT2D eigenvalue weighted by Gasteiger charge is 2.13. The Morgan fingerprint density at radius 3 is 3.00 bits per heavy atom. The van der Waals surface area contributed by atoms with Crippen LogP contribution in [-0.4, -0.2) is 15.4 Å². The van der Waals surface area contributed by atoms with E-state index in [2.05, 4.69) is 25.5 Å². The molecule has 0 aliphatic carbocycles. The van der Waals surface area contributed by atoms with Gasteiger partial charge >= 0.3 is 0 Å². The first kappa shape index (κ1) is 11.3. The summed E-state index contributed by atoms with van der Waals surface area (Å²) in [6, 6.07) is 4.51. The largest absolute Gasteiger partial charge is 0.292 e. The summed E-state index contributed by atoms with van der Waals surface area (Å²) in [7, 11) is 0. The molecule has 6 heteroatoms. The molecule has 0 aliphatic heterocycles. The molecule has 0 saturated carbocycles. The second-order valence-electron chi connectivity index (χ2n) is 3.13. The van der Waals surface area contributed by atoms with Crippen molar-refractivity contribution < 1.29 is 9.18 Å². The van der Waals surface area contributed by atoms with E-state index in [0.29, 0.717) is 5.56 Å². The Hall–Kier alpha value is -1.14. The van der Waals surface area contributed by atoms with Gasteiger partial charge in [-0.05, 0) is 35.3 Å². The van der Waals surface area contributed by atoms with Crippen molar-refractivity contribution in [2.75, 3.05) is 0 Å². The lowest BCUT2D eigenvalue weighted by molar-refractivity contribution is 0.0987. The van der Waals surface area contributed by atoms with Crippen molar-refractivity contribution >= 4 is 33.2 Å². The number of hydrogen-bond acceptors (Lipinski definition) is 4. The monoisotopic (exact) mass is 300 g/mol. The maximum absolute atomic E-state index is 13.4. The highest BCUT2D eigenvalue weighted by Crippen LogP contribution is 2.17. The normalized spacial score (nSPS) is 10.4. The molecule has 82 valence electrons. The third-order valence-electron chi connectivity index (χ3n) is 2.00. The van der Waals surface area contributed by atoms with Crippen molar-refractivity contribution in [3.05, 3.63) is 45.1 Å². The number of aromatic nitrogens is 2. The predicted molar refractivity (Wildman–Crippen MR) is 62.0 cm³/mol. The van der Waals surface area contributed by atoms with Crippen LogP contribution in [0.15, 0.2) is 28.1 Å². The molecule has 0 amide bonds. The lowest BCUT2D eigenvalue weighted by Gasteiger charge is -2.01. The molecule has 0 spiro atoms. The fraction of sp³-hybridized carbons (Fsp3) is 0.100. The van der Waals surface area contributed by atoms with E-state index in [1.165, 1.54) is 6.07 Å². The summed E-state index contributed by atoms with van der Waals surface area (Å²) in [6.07, 6.45) is -0.00329. The third kappa shape index (κ3) is 2.51. The van der Waals surface area contributed by atoms with Gasteiger partial charge in [0.15, 0.2) is 5.78 Å². The molecule has 1 aromatic carbocycles. The van der Waals surface area contributed by atoms with Crippen LogP contribution in [0.4, 0.5) is 4.39 Å². The van der Waals surface area contributed by atoms with Gasteiger partial charge in [-0.25, -0.2) is 4.39 Å². The summed E-state index contributed by atoms with van der Waals surface area (Å²) in [5.74, 6) is -0.620. The van der Waals surface area contributed by atoms with Gasteiger partial charge in [0, 0.05) is 16.3 Å². The van der Waals surface area contributed by atoms with E-state index in [1.807, 2.05) is 0 Å². The van der Waals surface area contributed by atoms with Crippen LogP contribution < -0.4 is 0 Å². The van der Waals surface area contributed by atoms with Crippen LogP contribution in [0, 0.1) is 5.82 Å². The summed E-state index contributed by atoms with van der Waals surface area (Å²) in [5, 5.41) is 5.20. The highest BCUT2D eigenvalue weighted by molar-refractivity contribution is 9.10. The molecule has 3 nitrogen and oxygen atoms in total. The average molecular weight is 301 g/mol. The van der Waals surface area contributed by atoms with Crippen molar-refractivity contribution in [2.24, 2.45) is 0 Å². The first-order valence-electron chi connectivity index (χ1n) is 4.41. The van der Waals surface area contributed by atoms with Gasteiger partial charge in [-0.2, -0.15) is 0 Å². The molecular formula is C10H6BrFN2OS. The van der Waals surface area contributed by atoms with Crippen molar-refractivity contribution in [1.29, 1.82) is 0 Å².